The van der Waals surface area contributed by atoms with E-state index in [1.165, 1.54) is 12.1 Å². The van der Waals surface area contributed by atoms with E-state index < -0.39 is 20.7 Å². The molecule has 1 amide bonds. The van der Waals surface area contributed by atoms with Crippen LogP contribution in [0.3, 0.4) is 0 Å². The van der Waals surface area contributed by atoms with E-state index in [-0.39, 0.29) is 11.7 Å². The number of ether oxygens (including phenoxy) is 1. The van der Waals surface area contributed by atoms with Gasteiger partial charge in [-0.05, 0) is 43.4 Å². The van der Waals surface area contributed by atoms with Crippen LogP contribution < -0.4 is 0 Å². The van der Waals surface area contributed by atoms with E-state index in [0.717, 1.165) is 24.8 Å². The van der Waals surface area contributed by atoms with Crippen molar-refractivity contribution < 1.29 is 18.1 Å². The van der Waals surface area contributed by atoms with Crippen molar-refractivity contribution in [3.8, 4) is 0 Å². The molecule has 2 aliphatic heterocycles. The van der Waals surface area contributed by atoms with Crippen molar-refractivity contribution in [3.05, 3.63) is 35.6 Å². The Labute approximate surface area is 160 Å². The van der Waals surface area contributed by atoms with Gasteiger partial charge in [-0.15, -0.1) is 0 Å². The molecular formula is C20H27FN2O3S. The molecule has 2 saturated heterocycles. The summed E-state index contributed by atoms with van der Waals surface area (Å²) in [5.74, 6) is 0.852. The number of hydrogen-bond acceptors (Lipinski definition) is 4. The van der Waals surface area contributed by atoms with E-state index in [1.54, 1.807) is 13.1 Å². The summed E-state index contributed by atoms with van der Waals surface area (Å²) in [6, 6.07) is 6.48. The molecule has 0 atom stereocenters. The molecule has 0 radical (unpaired) electrons. The van der Waals surface area contributed by atoms with Gasteiger partial charge in [0.15, 0.2) is 0 Å². The highest BCUT2D eigenvalue weighted by Crippen LogP contribution is 2.46. The van der Waals surface area contributed by atoms with Crippen LogP contribution in [0.4, 0.5) is 4.39 Å². The number of halogens is 1. The lowest BCUT2D eigenvalue weighted by Gasteiger charge is -2.50. The molecule has 1 aromatic rings. The van der Waals surface area contributed by atoms with Crippen LogP contribution in [0.2, 0.25) is 0 Å². The predicted octanol–water partition coefficient (Wildman–Crippen LogP) is 2.74. The first-order valence-corrected chi connectivity index (χ1v) is 11.6. The maximum absolute atomic E-state index is 13.8. The molecule has 7 heteroatoms. The number of hydrogen-bond donors (Lipinski definition) is 0. The highest BCUT2D eigenvalue weighted by molar-refractivity contribution is 7.93. The second-order valence-electron chi connectivity index (χ2n) is 8.07. The van der Waals surface area contributed by atoms with Crippen molar-refractivity contribution in [1.29, 1.82) is 0 Å². The first-order valence-electron chi connectivity index (χ1n) is 9.70. The van der Waals surface area contributed by atoms with Crippen molar-refractivity contribution >= 4 is 15.6 Å². The van der Waals surface area contributed by atoms with E-state index in [9.17, 15) is 13.4 Å². The first-order chi connectivity index (χ1) is 12.9. The zero-order valence-electron chi connectivity index (χ0n) is 15.8. The van der Waals surface area contributed by atoms with Gasteiger partial charge in [0.2, 0.25) is 5.91 Å². The Morgan fingerprint density at radius 1 is 1.26 bits per heavy atom. The van der Waals surface area contributed by atoms with Gasteiger partial charge in [-0.25, -0.2) is 13.0 Å². The molecule has 3 aliphatic rings. The van der Waals surface area contributed by atoms with Gasteiger partial charge in [0.05, 0.1) is 17.6 Å². The van der Waals surface area contributed by atoms with Gasteiger partial charge >= 0.3 is 0 Å². The number of rotatable bonds is 2. The number of nitrogens with zero attached hydrogens (tertiary/aromatic N) is 2. The zero-order valence-corrected chi connectivity index (χ0v) is 16.6. The van der Waals surface area contributed by atoms with Crippen LogP contribution in [0, 0.1) is 5.82 Å². The lowest BCUT2D eigenvalue weighted by molar-refractivity contribution is -0.160. The first kappa shape index (κ1) is 18.9. The highest BCUT2D eigenvalue weighted by Gasteiger charge is 2.50. The molecule has 27 heavy (non-hydrogen) atoms. The molecule has 4 rings (SSSR count). The molecule has 0 N–H and O–H groups in total. The second kappa shape index (κ2) is 6.85. The van der Waals surface area contributed by atoms with Crippen molar-refractivity contribution in [1.82, 2.24) is 4.90 Å². The van der Waals surface area contributed by atoms with Gasteiger partial charge in [-0.3, -0.25) is 4.79 Å². The molecule has 148 valence electrons. The number of carbonyl (C=O) groups excluding carboxylic acids is 1. The minimum Gasteiger partial charge on any atom is -0.371 e. The van der Waals surface area contributed by atoms with E-state index in [0.29, 0.717) is 44.0 Å². The molecule has 0 unspecified atom stereocenters. The fourth-order valence-electron chi connectivity index (χ4n) is 4.67. The van der Waals surface area contributed by atoms with E-state index >= 15 is 0 Å². The number of morpholine rings is 1. The zero-order chi connectivity index (χ0) is 19.1. The van der Waals surface area contributed by atoms with Crippen LogP contribution in [0.25, 0.3) is 0 Å². The van der Waals surface area contributed by atoms with Crippen LogP contribution in [0.1, 0.15) is 37.7 Å². The molecule has 5 nitrogen and oxygen atoms in total. The average molecular weight is 395 g/mol. The Kier molecular flexibility index (Phi) is 4.79. The highest BCUT2D eigenvalue weighted by atomic mass is 32.2. The quantitative estimate of drug-likeness (QED) is 0.775. The third-order valence-corrected chi connectivity index (χ3v) is 8.96. The molecule has 1 saturated carbocycles. The van der Waals surface area contributed by atoms with E-state index in [2.05, 4.69) is 4.36 Å². The standard InChI is InChI=1S/C20H27FN2O3S/c1-22-27(25)12-8-19(9-13-27)15-23(10-11-26-19)18(24)20(6-3-7-20)16-4-2-5-17(21)14-16/h2,4-5,14H,3,6-13,15H2,1H3. The molecule has 2 heterocycles. The Balaban J connectivity index is 1.54. The topological polar surface area (TPSA) is 59.0 Å². The molecule has 0 bridgehead atoms. The summed E-state index contributed by atoms with van der Waals surface area (Å²) < 4.78 is 36.5. The predicted molar refractivity (Wildman–Crippen MR) is 103 cm³/mol. The van der Waals surface area contributed by atoms with Gasteiger partial charge < -0.3 is 9.64 Å². The molecule has 1 aromatic carbocycles. The molecule has 1 aliphatic carbocycles. The normalized spacial score (nSPS) is 32.7. The molecule has 0 aromatic heterocycles. The monoisotopic (exact) mass is 394 g/mol. The maximum Gasteiger partial charge on any atom is 0.233 e. The minimum atomic E-state index is -2.11. The van der Waals surface area contributed by atoms with Gasteiger partial charge in [-0.1, -0.05) is 18.6 Å². The third kappa shape index (κ3) is 3.29. The summed E-state index contributed by atoms with van der Waals surface area (Å²) in [4.78, 5) is 15.4. The summed E-state index contributed by atoms with van der Waals surface area (Å²) in [6.45, 7) is 1.59. The van der Waals surface area contributed by atoms with Crippen LogP contribution in [-0.4, -0.2) is 58.9 Å². The smallest absolute Gasteiger partial charge is 0.233 e. The Bertz CT molecular complexity index is 845. The number of carbonyl (C=O) groups is 1. The SMILES string of the molecule is CN=S1(=O)CCC2(CC1)CN(C(=O)C1(c3cccc(F)c3)CCC1)CCO2. The van der Waals surface area contributed by atoms with E-state index in [4.69, 9.17) is 4.74 Å². The van der Waals surface area contributed by atoms with Crippen molar-refractivity contribution in [2.24, 2.45) is 4.36 Å². The lowest BCUT2D eigenvalue weighted by atomic mass is 9.63. The second-order valence-corrected chi connectivity index (χ2v) is 10.8. The fourth-order valence-corrected chi connectivity index (χ4v) is 6.62. The van der Waals surface area contributed by atoms with Crippen molar-refractivity contribution in [2.75, 3.05) is 38.2 Å². The Hall–Kier alpha value is -1.47. The molecule has 3 fully saturated rings. The Morgan fingerprint density at radius 3 is 2.59 bits per heavy atom. The molecule has 1 spiro atoms. The van der Waals surface area contributed by atoms with Gasteiger partial charge in [-0.2, -0.15) is 0 Å². The fraction of sp³-hybridized carbons (Fsp3) is 0.650. The van der Waals surface area contributed by atoms with Crippen LogP contribution >= 0.6 is 0 Å². The Morgan fingerprint density at radius 2 is 2.00 bits per heavy atom. The van der Waals surface area contributed by atoms with Gasteiger partial charge in [0.25, 0.3) is 0 Å². The van der Waals surface area contributed by atoms with Crippen LogP contribution in [-0.2, 0) is 24.7 Å². The largest absolute Gasteiger partial charge is 0.371 e. The van der Waals surface area contributed by atoms with Gasteiger partial charge in [0, 0.05) is 41.4 Å². The van der Waals surface area contributed by atoms with Crippen molar-refractivity contribution in [3.63, 3.8) is 0 Å². The lowest BCUT2D eigenvalue weighted by Crippen LogP contribution is -2.61. The van der Waals surface area contributed by atoms with Crippen molar-refractivity contribution in [2.45, 2.75) is 43.1 Å². The summed E-state index contributed by atoms with van der Waals surface area (Å²) in [7, 11) is -0.489. The third-order valence-electron chi connectivity index (χ3n) is 6.62. The summed E-state index contributed by atoms with van der Waals surface area (Å²) >= 11 is 0. The van der Waals surface area contributed by atoms with Crippen LogP contribution in [0.5, 0.6) is 0 Å². The average Bonchev–Trinajstić information content (AvgIpc) is 2.64. The maximum atomic E-state index is 13.8. The van der Waals surface area contributed by atoms with Crippen LogP contribution in [0.15, 0.2) is 28.6 Å². The van der Waals surface area contributed by atoms with E-state index in [1.807, 2.05) is 11.0 Å². The van der Waals surface area contributed by atoms with Gasteiger partial charge in [0.1, 0.15) is 5.82 Å². The molecular weight excluding hydrogens is 367 g/mol. The summed E-state index contributed by atoms with van der Waals surface area (Å²) in [5.41, 5.74) is -0.218. The number of benzene rings is 1. The number of amides is 1. The summed E-state index contributed by atoms with van der Waals surface area (Å²) in [5, 5.41) is 0. The minimum absolute atomic E-state index is 0.0912. The summed E-state index contributed by atoms with van der Waals surface area (Å²) in [6.07, 6.45) is 3.85.